The van der Waals surface area contributed by atoms with Crippen molar-refractivity contribution in [1.82, 2.24) is 0 Å². The predicted molar refractivity (Wildman–Crippen MR) is 35.6 cm³/mol. The molecule has 0 unspecified atom stereocenters. The SMILES string of the molecule is N#CCc1cc(F)c(F)c(F)c1F. The fourth-order valence-electron chi connectivity index (χ4n) is 0.836. The Labute approximate surface area is 71.2 Å². The maximum Gasteiger partial charge on any atom is 0.197 e. The van der Waals surface area contributed by atoms with E-state index in [4.69, 9.17) is 5.26 Å². The summed E-state index contributed by atoms with van der Waals surface area (Å²) in [6.07, 6.45) is -0.500. The van der Waals surface area contributed by atoms with Crippen molar-refractivity contribution in [2.45, 2.75) is 6.42 Å². The molecule has 0 aromatic heterocycles. The van der Waals surface area contributed by atoms with Crippen LogP contribution in [0.25, 0.3) is 0 Å². The highest BCUT2D eigenvalue weighted by atomic mass is 19.2. The van der Waals surface area contributed by atoms with Crippen LogP contribution in [0.5, 0.6) is 0 Å². The Balaban J connectivity index is 3.34. The highest BCUT2D eigenvalue weighted by Gasteiger charge is 2.18. The zero-order valence-electron chi connectivity index (χ0n) is 6.24. The normalized spacial score (nSPS) is 9.77. The zero-order chi connectivity index (χ0) is 10.0. The lowest BCUT2D eigenvalue weighted by Crippen LogP contribution is -2.00. The molecule has 1 rings (SSSR count). The number of benzene rings is 1. The largest absolute Gasteiger partial charge is 0.204 e. The second kappa shape index (κ2) is 3.44. The summed E-state index contributed by atoms with van der Waals surface area (Å²) in [6.45, 7) is 0. The van der Waals surface area contributed by atoms with Gasteiger partial charge in [0.1, 0.15) is 0 Å². The molecule has 0 saturated heterocycles. The van der Waals surface area contributed by atoms with Crippen LogP contribution in [0.15, 0.2) is 6.07 Å². The van der Waals surface area contributed by atoms with Crippen LogP contribution >= 0.6 is 0 Å². The van der Waals surface area contributed by atoms with Crippen molar-refractivity contribution in [3.63, 3.8) is 0 Å². The topological polar surface area (TPSA) is 23.8 Å². The third-order valence-corrected chi connectivity index (χ3v) is 1.45. The molecule has 68 valence electrons. The number of rotatable bonds is 1. The summed E-state index contributed by atoms with van der Waals surface area (Å²) in [5.41, 5.74) is -0.487. The van der Waals surface area contributed by atoms with Crippen molar-refractivity contribution in [1.29, 1.82) is 5.26 Å². The average Bonchev–Trinajstić information content (AvgIpc) is 2.11. The lowest BCUT2D eigenvalue weighted by Gasteiger charge is -2.01. The fraction of sp³-hybridized carbons (Fsp3) is 0.125. The molecule has 0 aliphatic rings. The monoisotopic (exact) mass is 189 g/mol. The van der Waals surface area contributed by atoms with Gasteiger partial charge in [-0.15, -0.1) is 0 Å². The molecule has 0 aliphatic carbocycles. The maximum absolute atomic E-state index is 12.7. The molecule has 0 amide bonds. The lowest BCUT2D eigenvalue weighted by molar-refractivity contribution is 0.405. The van der Waals surface area contributed by atoms with E-state index in [1.54, 1.807) is 0 Å². The molecule has 5 heteroatoms. The summed E-state index contributed by atoms with van der Waals surface area (Å²) in [7, 11) is 0. The number of hydrogen-bond donors (Lipinski definition) is 0. The van der Waals surface area contributed by atoms with Crippen LogP contribution < -0.4 is 0 Å². The van der Waals surface area contributed by atoms with Crippen molar-refractivity contribution in [3.05, 3.63) is 34.9 Å². The van der Waals surface area contributed by atoms with Crippen LogP contribution in [-0.4, -0.2) is 0 Å². The second-order valence-electron chi connectivity index (χ2n) is 2.29. The van der Waals surface area contributed by atoms with E-state index in [1.807, 2.05) is 0 Å². The molecule has 0 spiro atoms. The van der Waals surface area contributed by atoms with Crippen LogP contribution in [0.3, 0.4) is 0 Å². The van der Waals surface area contributed by atoms with Crippen molar-refractivity contribution >= 4 is 0 Å². The minimum Gasteiger partial charge on any atom is -0.204 e. The Kier molecular flexibility index (Phi) is 2.52. The number of nitriles is 1. The molecule has 1 aromatic rings. The van der Waals surface area contributed by atoms with Crippen molar-refractivity contribution in [2.24, 2.45) is 0 Å². The highest BCUT2D eigenvalue weighted by Crippen LogP contribution is 2.18. The first kappa shape index (κ1) is 9.52. The van der Waals surface area contributed by atoms with E-state index in [0.717, 1.165) is 0 Å². The molecular formula is C8H3F4N. The summed E-state index contributed by atoms with van der Waals surface area (Å²) in [4.78, 5) is 0. The van der Waals surface area contributed by atoms with Crippen LogP contribution in [0.1, 0.15) is 5.56 Å². The van der Waals surface area contributed by atoms with Gasteiger partial charge in [-0.3, -0.25) is 0 Å². The molecule has 13 heavy (non-hydrogen) atoms. The predicted octanol–water partition coefficient (Wildman–Crippen LogP) is 2.31. The van der Waals surface area contributed by atoms with Crippen LogP contribution in [0.2, 0.25) is 0 Å². The molecule has 0 radical (unpaired) electrons. The Bertz CT molecular complexity index is 381. The molecular weight excluding hydrogens is 186 g/mol. The van der Waals surface area contributed by atoms with Gasteiger partial charge in [-0.25, -0.2) is 17.6 Å². The minimum absolute atomic E-state index is 0.469. The van der Waals surface area contributed by atoms with Crippen molar-refractivity contribution in [3.8, 4) is 6.07 Å². The number of nitrogens with zero attached hydrogens (tertiary/aromatic N) is 1. The van der Waals surface area contributed by atoms with Crippen LogP contribution in [-0.2, 0) is 6.42 Å². The van der Waals surface area contributed by atoms with Gasteiger partial charge in [0.2, 0.25) is 0 Å². The van der Waals surface area contributed by atoms with E-state index in [9.17, 15) is 17.6 Å². The molecule has 0 saturated carbocycles. The second-order valence-corrected chi connectivity index (χ2v) is 2.29. The van der Waals surface area contributed by atoms with Crippen molar-refractivity contribution in [2.75, 3.05) is 0 Å². The van der Waals surface area contributed by atoms with Gasteiger partial charge < -0.3 is 0 Å². The fourth-order valence-corrected chi connectivity index (χ4v) is 0.836. The Morgan fingerprint density at radius 1 is 1.08 bits per heavy atom. The third kappa shape index (κ3) is 1.61. The smallest absolute Gasteiger partial charge is 0.197 e. The van der Waals surface area contributed by atoms with Gasteiger partial charge in [0.25, 0.3) is 0 Å². The van der Waals surface area contributed by atoms with Crippen molar-refractivity contribution < 1.29 is 17.6 Å². The first-order valence-electron chi connectivity index (χ1n) is 3.26. The standard InChI is InChI=1S/C8H3F4N/c9-5-3-4(1-2-13)6(10)8(12)7(5)11/h3H,1H2. The van der Waals surface area contributed by atoms with E-state index >= 15 is 0 Å². The van der Waals surface area contributed by atoms with E-state index < -0.39 is 35.3 Å². The van der Waals surface area contributed by atoms with Gasteiger partial charge in [0.15, 0.2) is 23.3 Å². The molecule has 1 nitrogen and oxygen atoms in total. The van der Waals surface area contributed by atoms with Gasteiger partial charge in [0, 0.05) is 5.56 Å². The zero-order valence-corrected chi connectivity index (χ0v) is 6.24. The summed E-state index contributed by atoms with van der Waals surface area (Å²) < 4.78 is 50.0. The van der Waals surface area contributed by atoms with E-state index in [0.29, 0.717) is 6.07 Å². The van der Waals surface area contributed by atoms with Gasteiger partial charge in [-0.05, 0) is 6.07 Å². The van der Waals surface area contributed by atoms with Gasteiger partial charge in [0.05, 0.1) is 12.5 Å². The summed E-state index contributed by atoms with van der Waals surface area (Å²) in [5.74, 6) is -6.76. The summed E-state index contributed by atoms with van der Waals surface area (Å²) in [5, 5.41) is 8.14. The molecule has 0 atom stereocenters. The average molecular weight is 189 g/mol. The van der Waals surface area contributed by atoms with Crippen LogP contribution in [0, 0.1) is 34.6 Å². The van der Waals surface area contributed by atoms with E-state index in [1.165, 1.54) is 6.07 Å². The quantitative estimate of drug-likeness (QED) is 0.377. The first-order valence-corrected chi connectivity index (χ1v) is 3.26. The molecule has 1 aromatic carbocycles. The summed E-state index contributed by atoms with van der Waals surface area (Å²) >= 11 is 0. The Morgan fingerprint density at radius 3 is 2.23 bits per heavy atom. The van der Waals surface area contributed by atoms with Gasteiger partial charge in [-0.1, -0.05) is 0 Å². The highest BCUT2D eigenvalue weighted by molar-refractivity contribution is 5.24. The van der Waals surface area contributed by atoms with Gasteiger partial charge in [-0.2, -0.15) is 5.26 Å². The molecule has 0 fully saturated rings. The van der Waals surface area contributed by atoms with Crippen LogP contribution in [0.4, 0.5) is 17.6 Å². The summed E-state index contributed by atoms with van der Waals surface area (Å²) in [6, 6.07) is 1.97. The first-order chi connectivity index (χ1) is 6.07. The van der Waals surface area contributed by atoms with E-state index in [2.05, 4.69) is 0 Å². The Morgan fingerprint density at radius 2 is 1.69 bits per heavy atom. The minimum atomic E-state index is -1.88. The van der Waals surface area contributed by atoms with Gasteiger partial charge >= 0.3 is 0 Å². The lowest BCUT2D eigenvalue weighted by atomic mass is 10.1. The molecule has 0 N–H and O–H groups in total. The third-order valence-electron chi connectivity index (χ3n) is 1.45. The van der Waals surface area contributed by atoms with E-state index in [-0.39, 0.29) is 0 Å². The molecule has 0 bridgehead atoms. The number of hydrogen-bond acceptors (Lipinski definition) is 1. The Hall–Kier alpha value is -1.57. The molecule has 0 heterocycles. The number of halogens is 4. The maximum atomic E-state index is 12.7. The molecule has 0 aliphatic heterocycles.